The van der Waals surface area contributed by atoms with Crippen LogP contribution in [0.3, 0.4) is 0 Å². The van der Waals surface area contributed by atoms with E-state index in [1.54, 1.807) is 7.11 Å². The lowest BCUT2D eigenvalue weighted by Gasteiger charge is -2.48. The van der Waals surface area contributed by atoms with Gasteiger partial charge >= 0.3 is 12.1 Å². The molecule has 0 saturated carbocycles. The quantitative estimate of drug-likeness (QED) is 0.0739. The molecule has 2 aliphatic heterocycles. The molecule has 12 nitrogen and oxygen atoms in total. The number of esters is 1. The molecule has 0 radical (unpaired) electrons. The standard InChI is InChI=1S/C47H93NO11Si3/c1-21-39-47(14,59-62(25-5,26-6)27-7)31-29-36(57-61(22-2,23-3)24-4)28-30-46(13,52-18)40(33-38(35(9)42(49)54-39)58-60(19,20)45(10,11)12)55-43-41(56-44(50)51-17)37(48(15)16)32-34(8)53-43/h29,31,34-41,43H,21-28,30,32-33H2,1-20H3/b31-29+/t34-,35-,36-,37+,38+,39-,40-,41-,43+,46-,47+/m1/s1. The molecule has 0 aromatic rings. The number of methoxy groups -OCH3 is 2. The van der Waals surface area contributed by atoms with Crippen LogP contribution in [0.15, 0.2) is 12.2 Å². The molecule has 1 saturated heterocycles. The van der Waals surface area contributed by atoms with E-state index in [4.69, 9.17) is 41.7 Å². The van der Waals surface area contributed by atoms with Gasteiger partial charge in [0.2, 0.25) is 0 Å². The molecule has 11 atom stereocenters. The first-order chi connectivity index (χ1) is 28.8. The molecular formula is C47H93NO11Si3. The minimum Gasteiger partial charge on any atom is -0.459 e. The number of likely N-dealkylation sites (N-methyl/N-ethyl adjacent to an activating group) is 1. The SMILES string of the molecule is CC[C@H]1OC(=O)[C@H](C)[C@@H](O[Si](C)(C)C(C)(C)C)C[C@@H](O[C@@H]2O[C@H](C)C[C@H](N(C)C)[C@H]2OC(=O)OC)[C@](C)(OC)CC[C@@H](O[Si](CC)(CC)CC)/C=C/[C@]1(C)O[Si](CC)(CC)CC. The molecule has 0 aromatic carbocycles. The Bertz CT molecular complexity index is 1390. The van der Waals surface area contributed by atoms with Gasteiger partial charge in [0.25, 0.3) is 0 Å². The summed E-state index contributed by atoms with van der Waals surface area (Å²) in [5.41, 5.74) is -1.83. The van der Waals surface area contributed by atoms with Gasteiger partial charge in [-0.1, -0.05) is 81.4 Å². The summed E-state index contributed by atoms with van der Waals surface area (Å²) >= 11 is 0. The average molecular weight is 933 g/mol. The summed E-state index contributed by atoms with van der Waals surface area (Å²) in [6.07, 6.45) is 2.03. The van der Waals surface area contributed by atoms with E-state index in [1.807, 2.05) is 32.8 Å². The highest BCUT2D eigenvalue weighted by atomic mass is 28.4. The van der Waals surface area contributed by atoms with Crippen molar-refractivity contribution >= 4 is 37.1 Å². The molecule has 2 rings (SSSR count). The van der Waals surface area contributed by atoms with Crippen LogP contribution in [0.2, 0.25) is 54.4 Å². The molecule has 0 spiro atoms. The average Bonchev–Trinajstić information content (AvgIpc) is 3.23. The van der Waals surface area contributed by atoms with E-state index >= 15 is 0 Å². The minimum atomic E-state index is -2.51. The molecule has 2 heterocycles. The zero-order valence-electron chi connectivity index (χ0n) is 43.1. The van der Waals surface area contributed by atoms with Gasteiger partial charge in [-0.25, -0.2) is 4.79 Å². The first kappa shape index (κ1) is 57.0. The van der Waals surface area contributed by atoms with Crippen molar-refractivity contribution in [1.82, 2.24) is 4.90 Å². The van der Waals surface area contributed by atoms with Gasteiger partial charge in [0.05, 0.1) is 49.1 Å². The van der Waals surface area contributed by atoms with Gasteiger partial charge in [-0.3, -0.25) is 4.79 Å². The first-order valence-electron chi connectivity index (χ1n) is 24.0. The number of rotatable bonds is 18. The highest BCUT2D eigenvalue weighted by Crippen LogP contribution is 2.42. The van der Waals surface area contributed by atoms with Crippen LogP contribution in [0.1, 0.15) is 129 Å². The maximum atomic E-state index is 14.9. The Morgan fingerprint density at radius 1 is 0.887 bits per heavy atom. The van der Waals surface area contributed by atoms with Gasteiger partial charge in [-0.2, -0.15) is 0 Å². The normalized spacial score (nSPS) is 33.1. The van der Waals surface area contributed by atoms with E-state index in [-0.39, 0.29) is 35.7 Å². The van der Waals surface area contributed by atoms with Crippen molar-refractivity contribution in [3.8, 4) is 0 Å². The third-order valence-corrected chi connectivity index (χ3v) is 29.2. The minimum absolute atomic E-state index is 0.159. The highest BCUT2D eigenvalue weighted by Gasteiger charge is 2.51. The Labute approximate surface area is 381 Å². The molecular weight excluding hydrogens is 839 g/mol. The summed E-state index contributed by atoms with van der Waals surface area (Å²) in [7, 11) is 0.0639. The summed E-state index contributed by atoms with van der Waals surface area (Å²) in [5, 5.41) is -0.159. The predicted octanol–water partition coefficient (Wildman–Crippen LogP) is 11.3. The molecule has 0 aliphatic carbocycles. The van der Waals surface area contributed by atoms with Crippen LogP contribution in [0.5, 0.6) is 0 Å². The molecule has 2 aliphatic rings. The number of hydrogen-bond donors (Lipinski definition) is 0. The summed E-state index contributed by atoms with van der Waals surface area (Å²) in [5.74, 6) is -1.03. The monoisotopic (exact) mass is 932 g/mol. The number of carbonyl (C=O) groups excluding carboxylic acids is 2. The third kappa shape index (κ3) is 14.4. The van der Waals surface area contributed by atoms with Crippen molar-refractivity contribution in [2.45, 2.75) is 244 Å². The van der Waals surface area contributed by atoms with Gasteiger partial charge in [-0.05, 0) is 122 Å². The smallest absolute Gasteiger partial charge is 0.459 e. The Morgan fingerprint density at radius 3 is 1.92 bits per heavy atom. The Morgan fingerprint density at radius 2 is 1.45 bits per heavy atom. The zero-order valence-corrected chi connectivity index (χ0v) is 46.1. The fourth-order valence-electron chi connectivity index (χ4n) is 8.94. The van der Waals surface area contributed by atoms with Gasteiger partial charge in [0.1, 0.15) is 11.7 Å². The second-order valence-corrected chi connectivity index (χ2v) is 34.5. The molecule has 0 N–H and O–H groups in total. The predicted molar refractivity (Wildman–Crippen MR) is 257 cm³/mol. The summed E-state index contributed by atoms with van der Waals surface area (Å²) < 4.78 is 60.1. The number of hydrogen-bond acceptors (Lipinski definition) is 12. The molecule has 0 bridgehead atoms. The fraction of sp³-hybridized carbons (Fsp3) is 0.915. The van der Waals surface area contributed by atoms with Crippen molar-refractivity contribution in [2.24, 2.45) is 5.92 Å². The van der Waals surface area contributed by atoms with Crippen LogP contribution in [-0.2, 0) is 46.5 Å². The van der Waals surface area contributed by atoms with Crippen LogP contribution in [-0.4, -0.2) is 130 Å². The largest absolute Gasteiger partial charge is 0.508 e. The summed E-state index contributed by atoms with van der Waals surface area (Å²) in [4.78, 5) is 29.7. The molecule has 0 unspecified atom stereocenters. The summed E-state index contributed by atoms with van der Waals surface area (Å²) in [6.45, 7) is 34.6. The van der Waals surface area contributed by atoms with Crippen molar-refractivity contribution < 1.29 is 51.3 Å². The lowest BCUT2D eigenvalue weighted by molar-refractivity contribution is -0.293. The van der Waals surface area contributed by atoms with Crippen LogP contribution < -0.4 is 0 Å². The number of carbonyl (C=O) groups is 2. The zero-order chi connectivity index (χ0) is 47.5. The summed E-state index contributed by atoms with van der Waals surface area (Å²) in [6, 6.07) is 5.64. The highest BCUT2D eigenvalue weighted by molar-refractivity contribution is 6.74. The van der Waals surface area contributed by atoms with Gasteiger partial charge < -0.3 is 46.6 Å². The Hall–Kier alpha value is -1.15. The molecule has 0 amide bonds. The second kappa shape index (κ2) is 24.0. The Balaban J connectivity index is 3.02. The van der Waals surface area contributed by atoms with E-state index in [0.29, 0.717) is 25.7 Å². The van der Waals surface area contributed by atoms with E-state index < -0.39 is 78.9 Å². The molecule has 1 fully saturated rings. The fourth-order valence-corrected chi connectivity index (χ4v) is 16.3. The van der Waals surface area contributed by atoms with E-state index in [0.717, 1.165) is 36.3 Å². The number of ether oxygens (including phenoxy) is 6. The lowest BCUT2D eigenvalue weighted by Crippen LogP contribution is -2.59. The van der Waals surface area contributed by atoms with Crippen molar-refractivity contribution in [2.75, 3.05) is 28.3 Å². The molecule has 364 valence electrons. The lowest BCUT2D eigenvalue weighted by atomic mass is 9.85. The van der Waals surface area contributed by atoms with Crippen molar-refractivity contribution in [3.63, 3.8) is 0 Å². The maximum Gasteiger partial charge on any atom is 0.508 e. The maximum absolute atomic E-state index is 14.9. The van der Waals surface area contributed by atoms with Crippen LogP contribution in [0.25, 0.3) is 0 Å². The van der Waals surface area contributed by atoms with Crippen molar-refractivity contribution in [1.29, 1.82) is 0 Å². The third-order valence-electron chi connectivity index (χ3n) is 15.3. The number of cyclic esters (lactones) is 1. The second-order valence-electron chi connectivity index (χ2n) is 20.4. The first-order valence-corrected chi connectivity index (χ1v) is 32.0. The van der Waals surface area contributed by atoms with Crippen molar-refractivity contribution in [3.05, 3.63) is 12.2 Å². The van der Waals surface area contributed by atoms with Gasteiger partial charge in [0.15, 0.2) is 37.3 Å². The molecule has 62 heavy (non-hydrogen) atoms. The van der Waals surface area contributed by atoms with Crippen LogP contribution in [0.4, 0.5) is 4.79 Å². The molecule has 0 aromatic heterocycles. The van der Waals surface area contributed by atoms with E-state index in [1.165, 1.54) is 7.11 Å². The Kier molecular flexibility index (Phi) is 22.1. The van der Waals surface area contributed by atoms with Crippen LogP contribution in [0, 0.1) is 5.92 Å². The van der Waals surface area contributed by atoms with Gasteiger partial charge in [-0.15, -0.1) is 0 Å². The van der Waals surface area contributed by atoms with Gasteiger partial charge in [0, 0.05) is 13.5 Å². The number of nitrogens with zero attached hydrogens (tertiary/aromatic N) is 1. The van der Waals surface area contributed by atoms with E-state index in [2.05, 4.69) is 108 Å². The topological polar surface area (TPSA) is 120 Å². The van der Waals surface area contributed by atoms with E-state index in [9.17, 15) is 9.59 Å². The van der Waals surface area contributed by atoms with Crippen LogP contribution >= 0.6 is 0 Å². The molecule has 15 heteroatoms.